The van der Waals surface area contributed by atoms with E-state index in [9.17, 15) is 0 Å². The zero-order chi connectivity index (χ0) is 9.64. The van der Waals surface area contributed by atoms with Crippen LogP contribution in [-0.2, 0) is 6.54 Å². The van der Waals surface area contributed by atoms with Crippen molar-refractivity contribution < 1.29 is 0 Å². The fourth-order valence-corrected chi connectivity index (χ4v) is 1.65. The van der Waals surface area contributed by atoms with E-state index in [0.717, 1.165) is 23.5 Å². The van der Waals surface area contributed by atoms with Gasteiger partial charge < -0.3 is 0 Å². The average molecular weight is 175 g/mol. The largest absolute Gasteiger partial charge is 0.245 e. The molecule has 1 aliphatic rings. The predicted molar refractivity (Wildman–Crippen MR) is 52.0 cm³/mol. The molecule has 0 aromatic carbocycles. The highest BCUT2D eigenvalue weighted by Gasteiger charge is 2.38. The molecular formula is C10H13N3. The van der Waals surface area contributed by atoms with E-state index in [1.807, 2.05) is 11.6 Å². The Morgan fingerprint density at radius 2 is 2.38 bits per heavy atom. The fourth-order valence-electron chi connectivity index (χ4n) is 1.65. The molecule has 0 amide bonds. The lowest BCUT2D eigenvalue weighted by molar-refractivity contribution is 0.453. The number of rotatable bonds is 1. The smallest absolute Gasteiger partial charge is 0.154 e. The summed E-state index contributed by atoms with van der Waals surface area (Å²) < 4.78 is 1.89. The van der Waals surface area contributed by atoms with Gasteiger partial charge in [0.1, 0.15) is 6.33 Å². The lowest BCUT2D eigenvalue weighted by Crippen LogP contribution is -2.18. The van der Waals surface area contributed by atoms with Gasteiger partial charge in [0.2, 0.25) is 0 Å². The Balaban J connectivity index is 2.50. The van der Waals surface area contributed by atoms with Crippen LogP contribution in [0.5, 0.6) is 0 Å². The van der Waals surface area contributed by atoms with E-state index < -0.39 is 0 Å². The molecule has 13 heavy (non-hydrogen) atoms. The molecule has 2 rings (SSSR count). The Morgan fingerprint density at radius 3 is 2.92 bits per heavy atom. The molecule has 0 fully saturated rings. The molecule has 1 aromatic heterocycles. The second-order valence-electron chi connectivity index (χ2n) is 3.83. The molecule has 0 bridgehead atoms. The summed E-state index contributed by atoms with van der Waals surface area (Å²) in [6.07, 6.45) is 1.57. The van der Waals surface area contributed by atoms with Gasteiger partial charge in [0, 0.05) is 11.0 Å². The number of nitrogens with zero attached hydrogens (tertiary/aromatic N) is 3. The van der Waals surface area contributed by atoms with E-state index in [1.165, 1.54) is 0 Å². The first-order valence-electron chi connectivity index (χ1n) is 4.29. The predicted octanol–water partition coefficient (Wildman–Crippen LogP) is 1.89. The molecule has 0 spiro atoms. The maximum Gasteiger partial charge on any atom is 0.154 e. The molecule has 0 saturated carbocycles. The van der Waals surface area contributed by atoms with Gasteiger partial charge in [0.25, 0.3) is 0 Å². The van der Waals surface area contributed by atoms with Gasteiger partial charge in [-0.2, -0.15) is 5.10 Å². The monoisotopic (exact) mass is 175 g/mol. The Labute approximate surface area is 77.8 Å². The van der Waals surface area contributed by atoms with Gasteiger partial charge in [0.05, 0.1) is 6.54 Å². The normalized spacial score (nSPS) is 26.2. The third-order valence-electron chi connectivity index (χ3n) is 2.96. The Hall–Kier alpha value is -1.38. The number of allylic oxidation sites excluding steroid dienone is 2. The second-order valence-corrected chi connectivity index (χ2v) is 3.83. The number of hydrogen-bond donors (Lipinski definition) is 0. The third-order valence-corrected chi connectivity index (χ3v) is 2.96. The molecule has 1 aliphatic heterocycles. The van der Waals surface area contributed by atoms with Gasteiger partial charge >= 0.3 is 0 Å². The number of hydrogen-bond acceptors (Lipinski definition) is 2. The number of fused-ring (bicyclic) bond motifs is 1. The molecule has 1 unspecified atom stereocenters. The molecular weight excluding hydrogens is 162 g/mol. The minimum Gasteiger partial charge on any atom is -0.245 e. The van der Waals surface area contributed by atoms with E-state index in [0.29, 0.717) is 0 Å². The van der Waals surface area contributed by atoms with Crippen molar-refractivity contribution in [3.05, 3.63) is 30.9 Å². The van der Waals surface area contributed by atoms with Crippen LogP contribution < -0.4 is 0 Å². The van der Waals surface area contributed by atoms with Gasteiger partial charge in [0.15, 0.2) is 5.82 Å². The molecule has 0 N–H and O–H groups in total. The quantitative estimate of drug-likeness (QED) is 0.610. The van der Waals surface area contributed by atoms with Crippen molar-refractivity contribution >= 4 is 5.57 Å². The Kier molecular flexibility index (Phi) is 1.46. The van der Waals surface area contributed by atoms with E-state index in [-0.39, 0.29) is 5.41 Å². The molecule has 68 valence electrons. The standard InChI is InChI=1S/C10H13N3/c1-7(2)10(4)5-13-9(8(10)3)11-6-12-13/h6H,1,3,5H2,2,4H3. The molecule has 0 radical (unpaired) electrons. The molecule has 0 aliphatic carbocycles. The second kappa shape index (κ2) is 2.31. The summed E-state index contributed by atoms with van der Waals surface area (Å²) >= 11 is 0. The highest BCUT2D eigenvalue weighted by atomic mass is 15.4. The summed E-state index contributed by atoms with van der Waals surface area (Å²) in [7, 11) is 0. The van der Waals surface area contributed by atoms with Crippen molar-refractivity contribution in [3.63, 3.8) is 0 Å². The molecule has 3 nitrogen and oxygen atoms in total. The van der Waals surface area contributed by atoms with Crippen molar-refractivity contribution in [2.45, 2.75) is 20.4 Å². The first-order chi connectivity index (χ1) is 6.05. The van der Waals surface area contributed by atoms with Crippen molar-refractivity contribution in [2.75, 3.05) is 0 Å². The van der Waals surface area contributed by atoms with Crippen molar-refractivity contribution in [1.29, 1.82) is 0 Å². The Morgan fingerprint density at radius 1 is 1.69 bits per heavy atom. The summed E-state index contributed by atoms with van der Waals surface area (Å²) in [5, 5.41) is 4.13. The summed E-state index contributed by atoms with van der Waals surface area (Å²) in [4.78, 5) is 4.17. The lowest BCUT2D eigenvalue weighted by atomic mass is 9.79. The molecule has 0 saturated heterocycles. The zero-order valence-electron chi connectivity index (χ0n) is 8.04. The van der Waals surface area contributed by atoms with Crippen LogP contribution in [0.2, 0.25) is 0 Å². The van der Waals surface area contributed by atoms with Crippen LogP contribution in [0.25, 0.3) is 5.57 Å². The van der Waals surface area contributed by atoms with Crippen LogP contribution in [0, 0.1) is 5.41 Å². The van der Waals surface area contributed by atoms with Crippen molar-refractivity contribution in [2.24, 2.45) is 5.41 Å². The van der Waals surface area contributed by atoms with Crippen molar-refractivity contribution in [3.8, 4) is 0 Å². The van der Waals surface area contributed by atoms with E-state index >= 15 is 0 Å². The van der Waals surface area contributed by atoms with Gasteiger partial charge in [-0.15, -0.1) is 0 Å². The summed E-state index contributed by atoms with van der Waals surface area (Å²) in [6, 6.07) is 0. The highest BCUT2D eigenvalue weighted by molar-refractivity contribution is 5.68. The maximum absolute atomic E-state index is 4.17. The van der Waals surface area contributed by atoms with Gasteiger partial charge in [-0.3, -0.25) is 0 Å². The van der Waals surface area contributed by atoms with Crippen LogP contribution in [0.3, 0.4) is 0 Å². The first-order valence-corrected chi connectivity index (χ1v) is 4.29. The third kappa shape index (κ3) is 0.899. The Bertz CT molecular complexity index is 389. The summed E-state index contributed by atoms with van der Waals surface area (Å²) in [5.74, 6) is 0.894. The first kappa shape index (κ1) is 8.23. The average Bonchev–Trinajstić information content (AvgIpc) is 2.57. The van der Waals surface area contributed by atoms with Gasteiger partial charge in [-0.05, 0) is 13.8 Å². The SMILES string of the molecule is C=C(C)C1(C)Cn2ncnc2C1=C. The summed E-state index contributed by atoms with van der Waals surface area (Å²) in [5.41, 5.74) is 2.08. The van der Waals surface area contributed by atoms with Crippen LogP contribution in [0.15, 0.2) is 25.1 Å². The van der Waals surface area contributed by atoms with E-state index in [2.05, 4.69) is 30.2 Å². The van der Waals surface area contributed by atoms with E-state index in [4.69, 9.17) is 0 Å². The van der Waals surface area contributed by atoms with Crippen molar-refractivity contribution in [1.82, 2.24) is 14.8 Å². The maximum atomic E-state index is 4.17. The van der Waals surface area contributed by atoms with Crippen LogP contribution >= 0.6 is 0 Å². The molecule has 1 atom stereocenters. The van der Waals surface area contributed by atoms with Crippen LogP contribution in [-0.4, -0.2) is 14.8 Å². The molecule has 3 heteroatoms. The topological polar surface area (TPSA) is 30.7 Å². The molecule has 1 aromatic rings. The van der Waals surface area contributed by atoms with E-state index in [1.54, 1.807) is 6.33 Å². The van der Waals surface area contributed by atoms with Crippen LogP contribution in [0.1, 0.15) is 19.7 Å². The fraction of sp³-hybridized carbons (Fsp3) is 0.400. The minimum absolute atomic E-state index is 0.0589. The zero-order valence-corrected chi connectivity index (χ0v) is 8.04. The van der Waals surface area contributed by atoms with Crippen LogP contribution in [0.4, 0.5) is 0 Å². The summed E-state index contributed by atoms with van der Waals surface area (Å²) in [6.45, 7) is 13.0. The molecule has 2 heterocycles. The number of aromatic nitrogens is 3. The highest BCUT2D eigenvalue weighted by Crippen LogP contribution is 2.44. The van der Waals surface area contributed by atoms with Gasteiger partial charge in [-0.25, -0.2) is 9.67 Å². The lowest BCUT2D eigenvalue weighted by Gasteiger charge is -2.24. The minimum atomic E-state index is -0.0589. The van der Waals surface area contributed by atoms with Gasteiger partial charge in [-0.1, -0.05) is 18.7 Å².